The van der Waals surface area contributed by atoms with Crippen molar-refractivity contribution in [2.75, 3.05) is 6.54 Å². The summed E-state index contributed by atoms with van der Waals surface area (Å²) in [6.45, 7) is 10.1. The average molecular weight is 273 g/mol. The lowest BCUT2D eigenvalue weighted by atomic mass is 9.75. The first-order chi connectivity index (χ1) is 9.65. The zero-order valence-electron chi connectivity index (χ0n) is 13.7. The van der Waals surface area contributed by atoms with E-state index in [1.165, 1.54) is 48.8 Å². The number of nitrogens with one attached hydrogen (secondary N) is 1. The molecule has 1 heteroatoms. The SMILES string of the molecule is CCNC(c1ccc(C)cc1C)C1CCC(CC)CC1. The molecule has 1 unspecified atom stereocenters. The van der Waals surface area contributed by atoms with Crippen LogP contribution in [0.4, 0.5) is 0 Å². The fraction of sp³-hybridized carbons (Fsp3) is 0.684. The fourth-order valence-electron chi connectivity index (χ4n) is 3.85. The van der Waals surface area contributed by atoms with Crippen LogP contribution in [0.5, 0.6) is 0 Å². The molecule has 20 heavy (non-hydrogen) atoms. The Morgan fingerprint density at radius 2 is 1.80 bits per heavy atom. The molecule has 0 heterocycles. The second-order valence-corrected chi connectivity index (χ2v) is 6.58. The molecule has 1 fully saturated rings. The molecule has 1 aliphatic rings. The minimum absolute atomic E-state index is 0.554. The van der Waals surface area contributed by atoms with E-state index in [9.17, 15) is 0 Å². The van der Waals surface area contributed by atoms with Gasteiger partial charge in [-0.3, -0.25) is 0 Å². The largest absolute Gasteiger partial charge is 0.310 e. The Labute approximate surface area is 125 Å². The summed E-state index contributed by atoms with van der Waals surface area (Å²) in [5.74, 6) is 1.80. The topological polar surface area (TPSA) is 12.0 Å². The first-order valence-electron chi connectivity index (χ1n) is 8.46. The Morgan fingerprint density at radius 3 is 2.35 bits per heavy atom. The van der Waals surface area contributed by atoms with Crippen molar-refractivity contribution in [3.8, 4) is 0 Å². The van der Waals surface area contributed by atoms with Gasteiger partial charge in [-0.25, -0.2) is 0 Å². The Bertz CT molecular complexity index is 416. The summed E-state index contributed by atoms with van der Waals surface area (Å²) >= 11 is 0. The predicted octanol–water partition coefficient (Wildman–Crippen LogP) is 5.17. The lowest BCUT2D eigenvalue weighted by Crippen LogP contribution is -2.31. The number of aryl methyl sites for hydroxylation is 2. The van der Waals surface area contributed by atoms with Gasteiger partial charge in [0.1, 0.15) is 0 Å². The highest BCUT2D eigenvalue weighted by Gasteiger charge is 2.28. The van der Waals surface area contributed by atoms with E-state index in [2.05, 4.69) is 51.2 Å². The monoisotopic (exact) mass is 273 g/mol. The summed E-state index contributed by atoms with van der Waals surface area (Å²) in [6, 6.07) is 7.50. The van der Waals surface area contributed by atoms with Crippen LogP contribution in [-0.2, 0) is 0 Å². The van der Waals surface area contributed by atoms with Crippen LogP contribution in [0.3, 0.4) is 0 Å². The van der Waals surface area contributed by atoms with Crippen LogP contribution in [-0.4, -0.2) is 6.54 Å². The van der Waals surface area contributed by atoms with Gasteiger partial charge >= 0.3 is 0 Å². The zero-order valence-corrected chi connectivity index (χ0v) is 13.7. The lowest BCUT2D eigenvalue weighted by molar-refractivity contribution is 0.220. The van der Waals surface area contributed by atoms with E-state index in [-0.39, 0.29) is 0 Å². The summed E-state index contributed by atoms with van der Waals surface area (Å²) in [7, 11) is 0. The maximum atomic E-state index is 3.76. The summed E-state index contributed by atoms with van der Waals surface area (Å²) < 4.78 is 0. The molecule has 0 bridgehead atoms. The van der Waals surface area contributed by atoms with Gasteiger partial charge in [0.2, 0.25) is 0 Å². The predicted molar refractivity (Wildman–Crippen MR) is 88.1 cm³/mol. The number of rotatable bonds is 5. The van der Waals surface area contributed by atoms with Crippen molar-refractivity contribution in [1.29, 1.82) is 0 Å². The van der Waals surface area contributed by atoms with Crippen LogP contribution < -0.4 is 5.32 Å². The molecule has 1 aromatic rings. The van der Waals surface area contributed by atoms with E-state index in [1.54, 1.807) is 0 Å². The normalized spacial score (nSPS) is 24.6. The maximum absolute atomic E-state index is 3.76. The van der Waals surface area contributed by atoms with Crippen molar-refractivity contribution >= 4 is 0 Å². The molecule has 1 saturated carbocycles. The lowest BCUT2D eigenvalue weighted by Gasteiger charge is -2.35. The molecule has 1 atom stereocenters. The maximum Gasteiger partial charge on any atom is 0.0351 e. The summed E-state index contributed by atoms with van der Waals surface area (Å²) in [6.07, 6.45) is 7.00. The highest BCUT2D eigenvalue weighted by atomic mass is 14.9. The number of benzene rings is 1. The third-order valence-corrected chi connectivity index (χ3v) is 5.12. The Hall–Kier alpha value is -0.820. The summed E-state index contributed by atoms with van der Waals surface area (Å²) in [5.41, 5.74) is 4.35. The van der Waals surface area contributed by atoms with Gasteiger partial charge in [-0.05, 0) is 56.2 Å². The van der Waals surface area contributed by atoms with E-state index in [4.69, 9.17) is 0 Å². The molecular formula is C19H31N. The van der Waals surface area contributed by atoms with Gasteiger partial charge in [0.25, 0.3) is 0 Å². The molecule has 0 spiro atoms. The summed E-state index contributed by atoms with van der Waals surface area (Å²) in [4.78, 5) is 0. The van der Waals surface area contributed by atoms with E-state index in [0.717, 1.165) is 18.4 Å². The van der Waals surface area contributed by atoms with Crippen molar-refractivity contribution in [3.63, 3.8) is 0 Å². The second-order valence-electron chi connectivity index (χ2n) is 6.58. The minimum Gasteiger partial charge on any atom is -0.310 e. The molecule has 1 nitrogen and oxygen atoms in total. The molecule has 0 radical (unpaired) electrons. The van der Waals surface area contributed by atoms with Gasteiger partial charge in [-0.2, -0.15) is 0 Å². The van der Waals surface area contributed by atoms with Gasteiger partial charge in [0.15, 0.2) is 0 Å². The first-order valence-corrected chi connectivity index (χ1v) is 8.46. The molecule has 1 N–H and O–H groups in total. The molecule has 0 amide bonds. The van der Waals surface area contributed by atoms with Crippen LogP contribution in [0.15, 0.2) is 18.2 Å². The van der Waals surface area contributed by atoms with Crippen LogP contribution >= 0.6 is 0 Å². The van der Waals surface area contributed by atoms with Crippen LogP contribution in [0.2, 0.25) is 0 Å². The highest BCUT2D eigenvalue weighted by molar-refractivity contribution is 5.33. The van der Waals surface area contributed by atoms with Gasteiger partial charge in [0.05, 0.1) is 0 Å². The molecule has 0 aromatic heterocycles. The average Bonchev–Trinajstić information content (AvgIpc) is 2.46. The van der Waals surface area contributed by atoms with E-state index >= 15 is 0 Å². The third-order valence-electron chi connectivity index (χ3n) is 5.12. The van der Waals surface area contributed by atoms with Crippen molar-refractivity contribution in [2.24, 2.45) is 11.8 Å². The number of hydrogen-bond acceptors (Lipinski definition) is 1. The van der Waals surface area contributed by atoms with E-state index in [1.807, 2.05) is 0 Å². The van der Waals surface area contributed by atoms with E-state index in [0.29, 0.717) is 6.04 Å². The first kappa shape index (κ1) is 15.6. The van der Waals surface area contributed by atoms with Crippen molar-refractivity contribution in [1.82, 2.24) is 5.32 Å². The second kappa shape index (κ2) is 7.26. The summed E-state index contributed by atoms with van der Waals surface area (Å²) in [5, 5.41) is 3.76. The highest BCUT2D eigenvalue weighted by Crippen LogP contribution is 2.38. The zero-order chi connectivity index (χ0) is 14.5. The van der Waals surface area contributed by atoms with Crippen LogP contribution in [0, 0.1) is 25.7 Å². The van der Waals surface area contributed by atoms with Gasteiger partial charge in [-0.1, -0.05) is 56.9 Å². The quantitative estimate of drug-likeness (QED) is 0.780. The Kier molecular flexibility index (Phi) is 5.65. The van der Waals surface area contributed by atoms with Crippen molar-refractivity contribution in [3.05, 3.63) is 34.9 Å². The fourth-order valence-corrected chi connectivity index (χ4v) is 3.85. The van der Waals surface area contributed by atoms with Crippen molar-refractivity contribution in [2.45, 2.75) is 65.8 Å². The van der Waals surface area contributed by atoms with Gasteiger partial charge < -0.3 is 5.32 Å². The smallest absolute Gasteiger partial charge is 0.0351 e. The molecule has 2 rings (SSSR count). The van der Waals surface area contributed by atoms with Gasteiger partial charge in [-0.15, -0.1) is 0 Å². The molecule has 1 aliphatic carbocycles. The Balaban J connectivity index is 2.14. The van der Waals surface area contributed by atoms with Crippen molar-refractivity contribution < 1.29 is 0 Å². The number of hydrogen-bond donors (Lipinski definition) is 1. The van der Waals surface area contributed by atoms with E-state index < -0.39 is 0 Å². The third kappa shape index (κ3) is 3.63. The molecule has 112 valence electrons. The van der Waals surface area contributed by atoms with Crippen LogP contribution in [0.25, 0.3) is 0 Å². The molecular weight excluding hydrogens is 242 g/mol. The Morgan fingerprint density at radius 1 is 1.10 bits per heavy atom. The molecule has 1 aromatic carbocycles. The van der Waals surface area contributed by atoms with Gasteiger partial charge in [0, 0.05) is 6.04 Å². The van der Waals surface area contributed by atoms with Crippen LogP contribution in [0.1, 0.15) is 68.7 Å². The standard InChI is InChI=1S/C19H31N/c1-5-16-8-10-17(11-9-16)19(20-6-2)18-12-7-14(3)13-15(18)4/h7,12-13,16-17,19-20H,5-6,8-11H2,1-4H3. The minimum atomic E-state index is 0.554. The molecule has 0 saturated heterocycles. The molecule has 0 aliphatic heterocycles.